The first-order chi connectivity index (χ1) is 5.89. The molecule has 0 fully saturated rings. The number of hydrogen-bond donors (Lipinski definition) is 0. The first-order valence-corrected chi connectivity index (χ1v) is 15.8. The predicted octanol–water partition coefficient (Wildman–Crippen LogP) is 4.52. The average Bonchev–Trinajstić information content (AvgIpc) is 1.80. The molecule has 0 aromatic carbocycles. The van der Waals surface area contributed by atoms with Gasteiger partial charge in [0.2, 0.25) is 0 Å². The third kappa shape index (κ3) is 11.8. The van der Waals surface area contributed by atoms with Gasteiger partial charge in [0.05, 0.1) is 0 Å². The van der Waals surface area contributed by atoms with Crippen LogP contribution in [0.4, 0.5) is 0 Å². The van der Waals surface area contributed by atoms with Gasteiger partial charge >= 0.3 is 111 Å². The topological polar surface area (TPSA) is 0 Å². The molecule has 0 saturated carbocycles. The molecule has 14 heavy (non-hydrogen) atoms. The minimum absolute atomic E-state index is 0.147. The normalized spacial score (nSPS) is 12.9. The van der Waals surface area contributed by atoms with Gasteiger partial charge in [-0.05, 0) is 0 Å². The molecule has 0 aromatic heterocycles. The third-order valence-corrected chi connectivity index (χ3v) is 13.0. The van der Waals surface area contributed by atoms with Crippen LogP contribution >= 0.6 is 5.61 Å². The second kappa shape index (κ2) is 7.16. The Bertz CT molecular complexity index is 128. The summed E-state index contributed by atoms with van der Waals surface area (Å²) in [4.78, 5) is 0. The average molecular weight is 391 g/mol. The third-order valence-electron chi connectivity index (χ3n) is 1.22. The summed E-state index contributed by atoms with van der Waals surface area (Å²) in [6.07, 6.45) is 0. The molecule has 3 heteroatoms. The minimum atomic E-state index is -0.333. The summed E-state index contributed by atoms with van der Waals surface area (Å²) in [5.41, 5.74) is 0.147. The van der Waals surface area contributed by atoms with Crippen molar-refractivity contribution in [3.63, 3.8) is 0 Å². The van der Waals surface area contributed by atoms with E-state index < -0.39 is 0 Å². The van der Waals surface area contributed by atoms with Gasteiger partial charge in [-0.1, -0.05) is 0 Å². The molecular formula is C11H27GePTe. The van der Waals surface area contributed by atoms with Crippen molar-refractivity contribution in [2.45, 2.75) is 69.1 Å². The fourth-order valence-corrected chi connectivity index (χ4v) is 3.02. The Hall–Kier alpha value is 1.76. The predicted molar refractivity (Wildman–Crippen MR) is 75.5 cm³/mol. The summed E-state index contributed by atoms with van der Waals surface area (Å²) in [5.74, 6) is 7.00. The first-order valence-electron chi connectivity index (χ1n) is 5.13. The Morgan fingerprint density at radius 1 is 0.786 bits per heavy atom. The van der Waals surface area contributed by atoms with E-state index in [2.05, 4.69) is 80.6 Å². The molecule has 0 amide bonds. The number of hydrogen-bond acceptors (Lipinski definition) is 0. The van der Waals surface area contributed by atoms with Crippen LogP contribution in [0.25, 0.3) is 0 Å². The Morgan fingerprint density at radius 3 is 0.929 bits per heavy atom. The van der Waals surface area contributed by atoms with Gasteiger partial charge < -0.3 is 0 Å². The molecule has 0 saturated heterocycles. The molecule has 0 bridgehead atoms. The Morgan fingerprint density at radius 2 is 0.929 bits per heavy atom. The second-order valence-corrected chi connectivity index (χ2v) is 18.8. The molecule has 86 valence electrons. The number of rotatable bonds is 0. The maximum atomic E-state index is 2.34. The van der Waals surface area contributed by atoms with E-state index in [1.54, 1.807) is 0 Å². The van der Waals surface area contributed by atoms with Crippen LogP contribution in [0.1, 0.15) is 41.5 Å². The van der Waals surface area contributed by atoms with Gasteiger partial charge in [0, 0.05) is 0 Å². The SMILES string of the molecule is CC(C)(C)P([Te])C(C)(C)C.[CH3][Ge]([CH3])[CH3]. The van der Waals surface area contributed by atoms with Crippen LogP contribution in [0.5, 0.6) is 0 Å². The van der Waals surface area contributed by atoms with Crippen LogP contribution in [0.2, 0.25) is 17.3 Å². The summed E-state index contributed by atoms with van der Waals surface area (Å²) in [6, 6.07) is 0. The van der Waals surface area contributed by atoms with E-state index >= 15 is 0 Å². The zero-order valence-corrected chi connectivity index (χ0v) is 16.7. The van der Waals surface area contributed by atoms with Crippen molar-refractivity contribution in [2.24, 2.45) is 0 Å². The summed E-state index contributed by atoms with van der Waals surface area (Å²) < 4.78 is 0. The van der Waals surface area contributed by atoms with Gasteiger partial charge in [0.15, 0.2) is 0 Å². The van der Waals surface area contributed by atoms with Crippen molar-refractivity contribution in [2.75, 3.05) is 0 Å². The maximum absolute atomic E-state index is 2.34. The molecule has 0 aliphatic rings. The zero-order chi connectivity index (χ0) is 12.2. The molecule has 0 atom stereocenters. The van der Waals surface area contributed by atoms with Crippen molar-refractivity contribution < 1.29 is 0 Å². The summed E-state index contributed by atoms with van der Waals surface area (Å²) in [5, 5.41) is 1.02. The fraction of sp³-hybridized carbons (Fsp3) is 1.00. The van der Waals surface area contributed by atoms with Gasteiger partial charge in [0.25, 0.3) is 0 Å². The molecule has 0 nitrogen and oxygen atoms in total. The van der Waals surface area contributed by atoms with Gasteiger partial charge in [-0.3, -0.25) is 0 Å². The van der Waals surface area contributed by atoms with Gasteiger partial charge in [-0.15, -0.1) is 0 Å². The van der Waals surface area contributed by atoms with E-state index in [4.69, 9.17) is 0 Å². The second-order valence-electron chi connectivity index (χ2n) is 6.14. The summed E-state index contributed by atoms with van der Waals surface area (Å²) in [7, 11) is 0. The van der Waals surface area contributed by atoms with Gasteiger partial charge in [-0.25, -0.2) is 0 Å². The van der Waals surface area contributed by atoms with E-state index in [9.17, 15) is 0 Å². The van der Waals surface area contributed by atoms with Crippen LogP contribution in [0.3, 0.4) is 0 Å². The van der Waals surface area contributed by atoms with Crippen molar-refractivity contribution in [1.29, 1.82) is 0 Å². The van der Waals surface area contributed by atoms with Gasteiger partial charge in [-0.2, -0.15) is 0 Å². The zero-order valence-electron chi connectivity index (χ0n) is 11.4. The van der Waals surface area contributed by atoms with Crippen LogP contribution in [-0.2, 0) is 0 Å². The van der Waals surface area contributed by atoms with E-state index in [1.807, 2.05) is 0 Å². The fourth-order valence-electron chi connectivity index (χ4n) is 1.01. The van der Waals surface area contributed by atoms with Crippen molar-refractivity contribution in [3.8, 4) is 0 Å². The summed E-state index contributed by atoms with van der Waals surface area (Å²) in [6.45, 7) is 14.0. The molecule has 0 N–H and O–H groups in total. The molecule has 0 aliphatic heterocycles. The molecule has 0 heterocycles. The van der Waals surface area contributed by atoms with Crippen molar-refractivity contribution >= 4 is 41.7 Å². The van der Waals surface area contributed by atoms with E-state index in [-0.39, 0.29) is 20.0 Å². The molecular weight excluding hydrogens is 363 g/mol. The standard InChI is InChI=1S/C8H18PTe.C3H9Ge/c1-7(2,3)9(10)8(4,5)6;1-4(2)3/h1-6H3;1-3H3. The van der Waals surface area contributed by atoms with E-state index in [1.165, 1.54) is 0 Å². The van der Waals surface area contributed by atoms with Crippen molar-refractivity contribution in [3.05, 3.63) is 0 Å². The summed E-state index contributed by atoms with van der Waals surface area (Å²) >= 11 is 1.99. The van der Waals surface area contributed by atoms with Crippen LogP contribution < -0.4 is 0 Å². The van der Waals surface area contributed by atoms with Crippen LogP contribution in [0.15, 0.2) is 0 Å². The molecule has 0 rings (SSSR count). The first kappa shape index (κ1) is 18.1. The molecule has 0 aliphatic carbocycles. The van der Waals surface area contributed by atoms with Crippen LogP contribution in [0, 0.1) is 0 Å². The monoisotopic (exact) mass is 394 g/mol. The Labute approximate surface area is 110 Å². The Kier molecular flexibility index (Phi) is 9.27. The van der Waals surface area contributed by atoms with Gasteiger partial charge in [0.1, 0.15) is 0 Å². The quantitative estimate of drug-likeness (QED) is 0.421. The molecule has 0 unspecified atom stereocenters. The molecule has 0 aromatic rings. The van der Waals surface area contributed by atoms with E-state index in [0.717, 1.165) is 0 Å². The van der Waals surface area contributed by atoms with Crippen molar-refractivity contribution in [1.82, 2.24) is 0 Å². The molecule has 0 spiro atoms. The Balaban J connectivity index is 0. The van der Waals surface area contributed by atoms with Crippen LogP contribution in [-0.4, -0.2) is 46.4 Å². The van der Waals surface area contributed by atoms with E-state index in [0.29, 0.717) is 10.3 Å². The molecule has 2 radical (unpaired) electrons.